The van der Waals surface area contributed by atoms with E-state index in [4.69, 9.17) is 16.7 Å². The molecular formula is C17H26BrClF3NO2. The average Bonchev–Trinajstić information content (AvgIpc) is 3.05. The van der Waals surface area contributed by atoms with Crippen molar-refractivity contribution in [2.24, 2.45) is 0 Å². The van der Waals surface area contributed by atoms with Crippen molar-refractivity contribution in [1.82, 2.24) is 4.90 Å². The molecule has 0 aliphatic carbocycles. The van der Waals surface area contributed by atoms with E-state index < -0.39 is 17.9 Å². The number of halogens is 5. The highest BCUT2D eigenvalue weighted by Gasteiger charge is 2.32. The fourth-order valence-corrected chi connectivity index (χ4v) is 2.59. The summed E-state index contributed by atoms with van der Waals surface area (Å²) in [5, 5.41) is 9.12. The van der Waals surface area contributed by atoms with Crippen molar-refractivity contribution in [3.05, 3.63) is 22.2 Å². The molecule has 146 valence electrons. The largest absolute Gasteiger partial charge is 0.573 e. The summed E-state index contributed by atoms with van der Waals surface area (Å²) in [6, 6.07) is 2.25. The Bertz CT molecular complexity index is 496. The number of phenolic OH excluding ortho intramolecular Hbond substituents is 1. The third-order valence-electron chi connectivity index (χ3n) is 3.27. The summed E-state index contributed by atoms with van der Waals surface area (Å²) in [6.45, 7) is 9.41. The second-order valence-electron chi connectivity index (χ2n) is 5.21. The van der Waals surface area contributed by atoms with Crippen LogP contribution in [0.1, 0.15) is 38.7 Å². The van der Waals surface area contributed by atoms with Crippen molar-refractivity contribution >= 4 is 27.5 Å². The molecule has 0 atom stereocenters. The van der Waals surface area contributed by atoms with E-state index >= 15 is 0 Å². The van der Waals surface area contributed by atoms with Crippen LogP contribution in [0.3, 0.4) is 0 Å². The first kappa shape index (κ1) is 24.3. The van der Waals surface area contributed by atoms with E-state index in [9.17, 15) is 13.2 Å². The van der Waals surface area contributed by atoms with Crippen LogP contribution in [-0.4, -0.2) is 41.9 Å². The number of nitrogens with zero attached hydrogens (tertiary/aromatic N) is 1. The van der Waals surface area contributed by atoms with E-state index in [1.807, 2.05) is 13.8 Å². The SMILES string of the molecule is CC.Cc1cc(OC(F)(F)F)c(O)cc1Br.ClCCCN1CCCC1. The number of phenols is 1. The summed E-state index contributed by atoms with van der Waals surface area (Å²) in [7, 11) is 0. The lowest BCUT2D eigenvalue weighted by molar-refractivity contribution is -0.275. The molecule has 1 aliphatic rings. The van der Waals surface area contributed by atoms with E-state index in [0.29, 0.717) is 10.0 Å². The minimum atomic E-state index is -4.79. The first-order chi connectivity index (χ1) is 11.7. The third kappa shape index (κ3) is 10.8. The summed E-state index contributed by atoms with van der Waals surface area (Å²) < 4.78 is 39.5. The third-order valence-corrected chi connectivity index (χ3v) is 4.39. The lowest BCUT2D eigenvalue weighted by Crippen LogP contribution is -2.20. The Morgan fingerprint density at radius 2 is 1.80 bits per heavy atom. The fraction of sp³-hybridized carbons (Fsp3) is 0.647. The Hall–Kier alpha value is -0.660. The van der Waals surface area contributed by atoms with Gasteiger partial charge in [-0.2, -0.15) is 0 Å². The first-order valence-electron chi connectivity index (χ1n) is 8.26. The number of alkyl halides is 4. The lowest BCUT2D eigenvalue weighted by Gasteiger charge is -2.12. The average molecular weight is 449 g/mol. The van der Waals surface area contributed by atoms with Gasteiger partial charge < -0.3 is 14.7 Å². The van der Waals surface area contributed by atoms with Crippen LogP contribution < -0.4 is 4.74 Å². The van der Waals surface area contributed by atoms with Crippen molar-refractivity contribution in [3.63, 3.8) is 0 Å². The van der Waals surface area contributed by atoms with Crippen LogP contribution in [0.25, 0.3) is 0 Å². The first-order valence-corrected chi connectivity index (χ1v) is 9.59. The Morgan fingerprint density at radius 1 is 1.24 bits per heavy atom. The van der Waals surface area contributed by atoms with Gasteiger partial charge in [-0.1, -0.05) is 29.8 Å². The van der Waals surface area contributed by atoms with Gasteiger partial charge in [0.25, 0.3) is 0 Å². The minimum absolute atomic E-state index is 0.518. The van der Waals surface area contributed by atoms with Crippen molar-refractivity contribution in [1.29, 1.82) is 0 Å². The molecule has 0 bridgehead atoms. The number of hydrogen-bond acceptors (Lipinski definition) is 3. The van der Waals surface area contributed by atoms with Gasteiger partial charge in [-0.05, 0) is 63.5 Å². The van der Waals surface area contributed by atoms with Crippen molar-refractivity contribution in [3.8, 4) is 11.5 Å². The van der Waals surface area contributed by atoms with Crippen LogP contribution in [0.4, 0.5) is 13.2 Å². The highest BCUT2D eigenvalue weighted by Crippen LogP contribution is 2.35. The topological polar surface area (TPSA) is 32.7 Å². The van der Waals surface area contributed by atoms with Gasteiger partial charge in [0, 0.05) is 10.4 Å². The highest BCUT2D eigenvalue weighted by molar-refractivity contribution is 9.10. The monoisotopic (exact) mass is 447 g/mol. The fourth-order valence-electron chi connectivity index (χ4n) is 2.14. The molecule has 3 nitrogen and oxygen atoms in total. The molecule has 0 radical (unpaired) electrons. The van der Waals surface area contributed by atoms with Crippen molar-refractivity contribution < 1.29 is 23.0 Å². The zero-order chi connectivity index (χ0) is 19.5. The van der Waals surface area contributed by atoms with Crippen LogP contribution >= 0.6 is 27.5 Å². The molecule has 8 heteroatoms. The molecule has 0 aromatic heterocycles. The molecule has 1 aliphatic heterocycles. The van der Waals surface area contributed by atoms with Crippen LogP contribution in [0, 0.1) is 6.92 Å². The molecule has 0 unspecified atom stereocenters. The molecule has 1 heterocycles. The second-order valence-corrected chi connectivity index (χ2v) is 6.44. The van der Waals surface area contributed by atoms with Gasteiger partial charge in [0.05, 0.1) is 0 Å². The number of benzene rings is 1. The van der Waals surface area contributed by atoms with Crippen LogP contribution in [0.5, 0.6) is 11.5 Å². The van der Waals surface area contributed by atoms with Crippen LogP contribution in [-0.2, 0) is 0 Å². The van der Waals surface area contributed by atoms with Crippen LogP contribution in [0.2, 0.25) is 0 Å². The van der Waals surface area contributed by atoms with E-state index in [2.05, 4.69) is 25.6 Å². The molecule has 1 saturated heterocycles. The molecular weight excluding hydrogens is 423 g/mol. The molecule has 0 spiro atoms. The van der Waals surface area contributed by atoms with Gasteiger partial charge in [0.1, 0.15) is 0 Å². The summed E-state index contributed by atoms with van der Waals surface area (Å²) in [5.74, 6) is -0.339. The molecule has 0 amide bonds. The predicted molar refractivity (Wildman–Crippen MR) is 99.6 cm³/mol. The Kier molecular flexibility index (Phi) is 12.3. The maximum absolute atomic E-state index is 11.8. The Balaban J connectivity index is 0.000000451. The summed E-state index contributed by atoms with van der Waals surface area (Å²) in [4.78, 5) is 2.49. The number of rotatable bonds is 4. The predicted octanol–water partition coefficient (Wildman–Crippen LogP) is 6.10. The normalized spacial score (nSPS) is 14.2. The van der Waals surface area contributed by atoms with Gasteiger partial charge in [0.2, 0.25) is 0 Å². The molecule has 1 fully saturated rings. The van der Waals surface area contributed by atoms with Gasteiger partial charge in [-0.25, -0.2) is 0 Å². The van der Waals surface area contributed by atoms with Gasteiger partial charge in [-0.3, -0.25) is 0 Å². The summed E-state index contributed by atoms with van der Waals surface area (Å²) in [5.41, 5.74) is 0.544. The number of aryl methyl sites for hydroxylation is 1. The highest BCUT2D eigenvalue weighted by atomic mass is 79.9. The maximum atomic E-state index is 11.8. The molecule has 1 N–H and O–H groups in total. The van der Waals surface area contributed by atoms with Gasteiger partial charge in [0.15, 0.2) is 11.5 Å². The zero-order valence-electron chi connectivity index (χ0n) is 14.8. The number of hydrogen-bond donors (Lipinski definition) is 1. The lowest BCUT2D eigenvalue weighted by atomic mass is 10.2. The number of ether oxygens (including phenoxy) is 1. The molecule has 25 heavy (non-hydrogen) atoms. The van der Waals surface area contributed by atoms with E-state index in [1.165, 1.54) is 32.5 Å². The standard InChI is InChI=1S/C8H6BrF3O2.C7H14ClN.C2H6/c1-4-2-7(14-8(10,11)12)6(13)3-5(4)9;8-4-3-7-9-5-1-2-6-9;1-2/h2-3,13H,1H3;1-7H2;1-2H3. The number of aromatic hydroxyl groups is 1. The quantitative estimate of drug-likeness (QED) is 0.565. The Labute approximate surface area is 161 Å². The summed E-state index contributed by atoms with van der Waals surface area (Å²) in [6.07, 6.45) is -0.857. The van der Waals surface area contributed by atoms with E-state index in [0.717, 1.165) is 24.4 Å². The molecule has 1 aromatic carbocycles. The maximum Gasteiger partial charge on any atom is 0.573 e. The van der Waals surface area contributed by atoms with E-state index in [1.54, 1.807) is 6.92 Å². The van der Waals surface area contributed by atoms with E-state index in [-0.39, 0.29) is 0 Å². The minimum Gasteiger partial charge on any atom is -0.504 e. The van der Waals surface area contributed by atoms with Crippen LogP contribution in [0.15, 0.2) is 16.6 Å². The van der Waals surface area contributed by atoms with Gasteiger partial charge in [-0.15, -0.1) is 24.8 Å². The second kappa shape index (κ2) is 12.7. The smallest absolute Gasteiger partial charge is 0.504 e. The summed E-state index contributed by atoms with van der Waals surface area (Å²) >= 11 is 8.62. The Morgan fingerprint density at radius 3 is 2.28 bits per heavy atom. The van der Waals surface area contributed by atoms with Crippen molar-refractivity contribution in [2.75, 3.05) is 25.5 Å². The van der Waals surface area contributed by atoms with Crippen molar-refractivity contribution in [2.45, 2.75) is 46.4 Å². The zero-order valence-corrected chi connectivity index (χ0v) is 17.1. The number of likely N-dealkylation sites (tertiary alicyclic amines) is 1. The molecule has 1 aromatic rings. The van der Waals surface area contributed by atoms with Gasteiger partial charge >= 0.3 is 6.36 Å². The molecule has 2 rings (SSSR count). The molecule has 0 saturated carbocycles.